The van der Waals surface area contributed by atoms with Crippen molar-refractivity contribution < 1.29 is 4.79 Å². The summed E-state index contributed by atoms with van der Waals surface area (Å²) in [6, 6.07) is 12.4. The van der Waals surface area contributed by atoms with Crippen LogP contribution < -0.4 is 5.32 Å². The average molecular weight is 489 g/mol. The van der Waals surface area contributed by atoms with Gasteiger partial charge in [-0.15, -0.1) is 11.3 Å². The van der Waals surface area contributed by atoms with Crippen LogP contribution in [0, 0.1) is 13.8 Å². The zero-order valence-corrected chi connectivity index (χ0v) is 18.2. The normalized spacial score (nSPS) is 14.6. The average Bonchev–Trinajstić information content (AvgIpc) is 3.16. The number of hydrogen-bond acceptors (Lipinski definition) is 2. The van der Waals surface area contributed by atoms with Crippen molar-refractivity contribution in [2.75, 3.05) is 5.32 Å². The molecule has 3 aromatic rings. The van der Waals surface area contributed by atoms with Crippen molar-refractivity contribution in [3.63, 3.8) is 0 Å². The number of halogens is 2. The maximum absolute atomic E-state index is 12.5. The Morgan fingerprint density at radius 2 is 1.73 bits per heavy atom. The van der Waals surface area contributed by atoms with E-state index in [-0.39, 0.29) is 5.91 Å². The predicted molar refractivity (Wildman–Crippen MR) is 118 cm³/mol. The quantitative estimate of drug-likeness (QED) is 0.384. The molecule has 0 radical (unpaired) electrons. The molecule has 1 aromatic heterocycles. The van der Waals surface area contributed by atoms with Gasteiger partial charge < -0.3 is 5.32 Å². The van der Waals surface area contributed by atoms with Gasteiger partial charge in [0.1, 0.15) is 0 Å². The van der Waals surface area contributed by atoms with Crippen molar-refractivity contribution in [3.05, 3.63) is 72.3 Å². The largest absolute Gasteiger partial charge is 0.321 e. The number of thiophene rings is 1. The van der Waals surface area contributed by atoms with E-state index < -0.39 is 0 Å². The molecule has 1 N–H and O–H groups in total. The van der Waals surface area contributed by atoms with Gasteiger partial charge in [0.2, 0.25) is 0 Å². The monoisotopic (exact) mass is 487 g/mol. The highest BCUT2D eigenvalue weighted by Crippen LogP contribution is 2.38. The first-order valence-corrected chi connectivity index (χ1v) is 10.6. The van der Waals surface area contributed by atoms with Crippen LogP contribution in [0.4, 0.5) is 5.69 Å². The zero-order chi connectivity index (χ0) is 18.4. The fourth-order valence-corrected chi connectivity index (χ4v) is 4.95. The molecule has 0 unspecified atom stereocenters. The molecule has 2 heterocycles. The molecule has 0 spiro atoms. The van der Waals surface area contributed by atoms with Crippen LogP contribution in [0.2, 0.25) is 0 Å². The van der Waals surface area contributed by atoms with E-state index in [2.05, 4.69) is 67.7 Å². The lowest BCUT2D eigenvalue weighted by molar-refractivity contribution is -0.110. The second-order valence-electron chi connectivity index (χ2n) is 6.33. The molecule has 0 aliphatic carbocycles. The summed E-state index contributed by atoms with van der Waals surface area (Å²) >= 11 is 8.89. The number of hydrogen-bond donors (Lipinski definition) is 1. The van der Waals surface area contributed by atoms with Crippen LogP contribution in [-0.4, -0.2) is 5.91 Å². The Morgan fingerprint density at radius 1 is 1.00 bits per heavy atom. The van der Waals surface area contributed by atoms with Gasteiger partial charge in [-0.1, -0.05) is 37.9 Å². The third kappa shape index (κ3) is 3.20. The highest BCUT2D eigenvalue weighted by Gasteiger charge is 2.24. The Balaban J connectivity index is 1.81. The van der Waals surface area contributed by atoms with E-state index >= 15 is 0 Å². The SMILES string of the molecule is Cc1cc(-c2ccc3c(c2)/C(=C/c2cc(Br)c(C)c(Br)c2)C(=O)N3)cs1. The second kappa shape index (κ2) is 6.80. The lowest BCUT2D eigenvalue weighted by Gasteiger charge is -2.06. The first kappa shape index (κ1) is 17.7. The summed E-state index contributed by atoms with van der Waals surface area (Å²) in [5, 5.41) is 5.12. The molecule has 2 nitrogen and oxygen atoms in total. The molecule has 130 valence electrons. The Morgan fingerprint density at radius 3 is 2.38 bits per heavy atom. The number of carbonyl (C=O) groups excluding carboxylic acids is 1. The summed E-state index contributed by atoms with van der Waals surface area (Å²) in [6.45, 7) is 4.14. The second-order valence-corrected chi connectivity index (χ2v) is 9.15. The third-order valence-electron chi connectivity index (χ3n) is 4.48. The Labute approximate surface area is 173 Å². The van der Waals surface area contributed by atoms with Crippen molar-refractivity contribution in [1.29, 1.82) is 0 Å². The van der Waals surface area contributed by atoms with Crippen molar-refractivity contribution in [2.45, 2.75) is 13.8 Å². The summed E-state index contributed by atoms with van der Waals surface area (Å²) in [7, 11) is 0. The summed E-state index contributed by atoms with van der Waals surface area (Å²) in [4.78, 5) is 13.8. The lowest BCUT2D eigenvalue weighted by Crippen LogP contribution is -2.03. The lowest BCUT2D eigenvalue weighted by atomic mass is 9.99. The van der Waals surface area contributed by atoms with Gasteiger partial charge in [0, 0.05) is 30.6 Å². The zero-order valence-electron chi connectivity index (χ0n) is 14.2. The van der Waals surface area contributed by atoms with Gasteiger partial charge in [-0.3, -0.25) is 4.79 Å². The van der Waals surface area contributed by atoms with Crippen LogP contribution in [0.3, 0.4) is 0 Å². The molecule has 5 heteroatoms. The molecule has 2 aromatic carbocycles. The van der Waals surface area contributed by atoms with Gasteiger partial charge in [-0.2, -0.15) is 0 Å². The van der Waals surface area contributed by atoms with Crippen LogP contribution in [-0.2, 0) is 4.79 Å². The molecule has 4 rings (SSSR count). The van der Waals surface area contributed by atoms with Crippen molar-refractivity contribution in [3.8, 4) is 11.1 Å². The number of benzene rings is 2. The van der Waals surface area contributed by atoms with Crippen LogP contribution >= 0.6 is 43.2 Å². The summed E-state index contributed by atoms with van der Waals surface area (Å²) in [5.74, 6) is -0.0635. The summed E-state index contributed by atoms with van der Waals surface area (Å²) < 4.78 is 2.03. The van der Waals surface area contributed by atoms with Gasteiger partial charge in [-0.05, 0) is 77.9 Å². The minimum absolute atomic E-state index is 0.0635. The molecule has 0 fully saturated rings. The van der Waals surface area contributed by atoms with Crippen molar-refractivity contribution in [1.82, 2.24) is 0 Å². The summed E-state index contributed by atoms with van der Waals surface area (Å²) in [5.41, 5.74) is 6.93. The predicted octanol–water partition coefficient (Wildman–Crippen LogP) is 7.05. The van der Waals surface area contributed by atoms with Crippen LogP contribution in [0.15, 0.2) is 50.7 Å². The number of anilines is 1. The van der Waals surface area contributed by atoms with Gasteiger partial charge in [0.25, 0.3) is 5.91 Å². The molecule has 0 saturated heterocycles. The molecule has 0 atom stereocenters. The molecule has 1 amide bonds. The third-order valence-corrected chi connectivity index (χ3v) is 6.99. The standard InChI is InChI=1S/C21H15Br2NOS/c1-11-5-15(10-26-11)14-3-4-20-16(9-14)17(21(25)24-20)6-13-7-18(22)12(2)19(23)8-13/h3-10H,1-2H3,(H,24,25)/b17-6-. The number of fused-ring (bicyclic) bond motifs is 1. The van der Waals surface area contributed by atoms with Crippen LogP contribution in [0.25, 0.3) is 22.8 Å². The Kier molecular flexibility index (Phi) is 4.63. The van der Waals surface area contributed by atoms with Gasteiger partial charge in [-0.25, -0.2) is 0 Å². The molecule has 26 heavy (non-hydrogen) atoms. The number of rotatable bonds is 2. The topological polar surface area (TPSA) is 29.1 Å². The minimum Gasteiger partial charge on any atom is -0.321 e. The van der Waals surface area contributed by atoms with E-state index in [1.807, 2.05) is 31.2 Å². The van der Waals surface area contributed by atoms with Crippen LogP contribution in [0.1, 0.15) is 21.6 Å². The molecular weight excluding hydrogens is 474 g/mol. The first-order valence-electron chi connectivity index (χ1n) is 8.11. The number of nitrogens with one attached hydrogen (secondary N) is 1. The fraction of sp³-hybridized carbons (Fsp3) is 0.0952. The van der Waals surface area contributed by atoms with E-state index in [1.165, 1.54) is 10.4 Å². The minimum atomic E-state index is -0.0635. The van der Waals surface area contributed by atoms with E-state index in [4.69, 9.17) is 0 Å². The molecule has 1 aliphatic heterocycles. The smallest absolute Gasteiger partial charge is 0.256 e. The van der Waals surface area contributed by atoms with Gasteiger partial charge in [0.05, 0.1) is 0 Å². The van der Waals surface area contributed by atoms with E-state index in [9.17, 15) is 4.79 Å². The molecular formula is C21H15Br2NOS. The van der Waals surface area contributed by atoms with Gasteiger partial charge >= 0.3 is 0 Å². The number of aryl methyl sites for hydroxylation is 1. The van der Waals surface area contributed by atoms with Crippen LogP contribution in [0.5, 0.6) is 0 Å². The van der Waals surface area contributed by atoms with E-state index in [1.54, 1.807) is 11.3 Å². The molecule has 0 saturated carbocycles. The van der Waals surface area contributed by atoms with E-state index in [0.717, 1.165) is 36.9 Å². The summed E-state index contributed by atoms with van der Waals surface area (Å²) in [6.07, 6.45) is 1.94. The van der Waals surface area contributed by atoms with E-state index in [0.29, 0.717) is 5.57 Å². The highest BCUT2D eigenvalue weighted by atomic mass is 79.9. The Hall–Kier alpha value is -1.69. The maximum Gasteiger partial charge on any atom is 0.256 e. The molecule has 0 bridgehead atoms. The number of carbonyl (C=O) groups is 1. The maximum atomic E-state index is 12.5. The fourth-order valence-electron chi connectivity index (χ4n) is 3.02. The first-order chi connectivity index (χ1) is 12.4. The number of amides is 1. The highest BCUT2D eigenvalue weighted by molar-refractivity contribution is 9.11. The van der Waals surface area contributed by atoms with Gasteiger partial charge in [0.15, 0.2) is 0 Å². The van der Waals surface area contributed by atoms with Crippen molar-refractivity contribution >= 4 is 66.4 Å². The van der Waals surface area contributed by atoms with Crippen molar-refractivity contribution in [2.24, 2.45) is 0 Å². The molecule has 1 aliphatic rings. The Bertz CT molecular complexity index is 1060.